The number of benzene rings is 1. The van der Waals surface area contributed by atoms with Gasteiger partial charge in [0.15, 0.2) is 0 Å². The molecule has 1 atom stereocenters. The predicted molar refractivity (Wildman–Crippen MR) is 68.6 cm³/mol. The average molecular weight is 218 g/mol. The summed E-state index contributed by atoms with van der Waals surface area (Å²) in [5.41, 5.74) is 1.44. The molecule has 1 N–H and O–H groups in total. The third-order valence-corrected chi connectivity index (χ3v) is 3.34. The Morgan fingerprint density at radius 3 is 2.75 bits per heavy atom. The van der Waals surface area contributed by atoms with Gasteiger partial charge >= 0.3 is 0 Å². The summed E-state index contributed by atoms with van der Waals surface area (Å²) in [6.07, 6.45) is 1.14. The lowest BCUT2D eigenvalue weighted by Gasteiger charge is -2.36. The van der Waals surface area contributed by atoms with E-state index in [9.17, 15) is 0 Å². The molecular formula is C14H22N2. The number of hydrogen-bond donors (Lipinski definition) is 1. The molecule has 0 amide bonds. The fraction of sp³-hybridized carbons (Fsp3) is 0.571. The van der Waals surface area contributed by atoms with Gasteiger partial charge in [-0.1, -0.05) is 30.3 Å². The molecule has 88 valence electrons. The highest BCUT2D eigenvalue weighted by molar-refractivity contribution is 5.16. The first-order valence-electron chi connectivity index (χ1n) is 6.27. The van der Waals surface area contributed by atoms with E-state index in [4.69, 9.17) is 0 Å². The molecule has 0 unspecified atom stereocenters. The van der Waals surface area contributed by atoms with Gasteiger partial charge in [-0.15, -0.1) is 0 Å². The zero-order valence-electron chi connectivity index (χ0n) is 10.3. The quantitative estimate of drug-likeness (QED) is 0.834. The van der Waals surface area contributed by atoms with Crippen molar-refractivity contribution < 1.29 is 0 Å². The van der Waals surface area contributed by atoms with Crippen molar-refractivity contribution in [1.29, 1.82) is 0 Å². The molecule has 2 nitrogen and oxygen atoms in total. The van der Waals surface area contributed by atoms with E-state index in [0.717, 1.165) is 13.0 Å². The van der Waals surface area contributed by atoms with Crippen molar-refractivity contribution in [1.82, 2.24) is 10.2 Å². The number of rotatable bonds is 3. The van der Waals surface area contributed by atoms with Gasteiger partial charge < -0.3 is 5.32 Å². The maximum atomic E-state index is 3.61. The van der Waals surface area contributed by atoms with Gasteiger partial charge in [-0.05, 0) is 25.8 Å². The Hall–Kier alpha value is -0.860. The lowest BCUT2D eigenvalue weighted by Crippen LogP contribution is -2.53. The molecule has 16 heavy (non-hydrogen) atoms. The van der Waals surface area contributed by atoms with Crippen LogP contribution in [0.5, 0.6) is 0 Å². The predicted octanol–water partition coefficient (Wildman–Crippen LogP) is 1.91. The second-order valence-electron chi connectivity index (χ2n) is 4.93. The standard InChI is InChI=1S/C14H22N2/c1-12(2)16-9-8-15-14(11-16)10-13-6-4-3-5-7-13/h3-7,12,14-15H,8-11H2,1-2H3/t14-/m0/s1. The summed E-state index contributed by atoms with van der Waals surface area (Å²) < 4.78 is 0. The topological polar surface area (TPSA) is 15.3 Å². The van der Waals surface area contributed by atoms with E-state index in [0.29, 0.717) is 12.1 Å². The molecule has 1 aromatic rings. The van der Waals surface area contributed by atoms with Crippen LogP contribution in [0.1, 0.15) is 19.4 Å². The average Bonchev–Trinajstić information content (AvgIpc) is 2.30. The van der Waals surface area contributed by atoms with E-state index in [1.54, 1.807) is 0 Å². The molecule has 2 rings (SSSR count). The molecule has 0 aliphatic carbocycles. The van der Waals surface area contributed by atoms with E-state index in [2.05, 4.69) is 54.4 Å². The molecule has 0 saturated carbocycles. The van der Waals surface area contributed by atoms with Gasteiger partial charge in [0, 0.05) is 31.7 Å². The van der Waals surface area contributed by atoms with Crippen LogP contribution in [0.15, 0.2) is 30.3 Å². The maximum absolute atomic E-state index is 3.61. The lowest BCUT2D eigenvalue weighted by molar-refractivity contribution is 0.161. The molecule has 0 bridgehead atoms. The third kappa shape index (κ3) is 3.06. The number of nitrogens with zero attached hydrogens (tertiary/aromatic N) is 1. The first-order valence-corrected chi connectivity index (χ1v) is 6.27. The summed E-state index contributed by atoms with van der Waals surface area (Å²) in [4.78, 5) is 2.56. The monoisotopic (exact) mass is 218 g/mol. The zero-order chi connectivity index (χ0) is 11.4. The highest BCUT2D eigenvalue weighted by Crippen LogP contribution is 2.09. The molecule has 1 fully saturated rings. The van der Waals surface area contributed by atoms with Crippen molar-refractivity contribution in [3.8, 4) is 0 Å². The van der Waals surface area contributed by atoms with Gasteiger partial charge in [-0.3, -0.25) is 4.90 Å². The molecule has 0 spiro atoms. The van der Waals surface area contributed by atoms with E-state index in [1.165, 1.54) is 18.7 Å². The Labute approximate surface area is 98.7 Å². The van der Waals surface area contributed by atoms with E-state index in [1.807, 2.05) is 0 Å². The second kappa shape index (κ2) is 5.46. The van der Waals surface area contributed by atoms with Crippen molar-refractivity contribution >= 4 is 0 Å². The van der Waals surface area contributed by atoms with Gasteiger partial charge in [0.1, 0.15) is 0 Å². The van der Waals surface area contributed by atoms with Gasteiger partial charge in [0.25, 0.3) is 0 Å². The summed E-state index contributed by atoms with van der Waals surface area (Å²) in [7, 11) is 0. The van der Waals surface area contributed by atoms with Crippen molar-refractivity contribution in [2.75, 3.05) is 19.6 Å². The molecule has 1 heterocycles. The van der Waals surface area contributed by atoms with E-state index >= 15 is 0 Å². The Balaban J connectivity index is 1.90. The van der Waals surface area contributed by atoms with Gasteiger partial charge in [-0.25, -0.2) is 0 Å². The molecule has 0 aromatic heterocycles. The lowest BCUT2D eigenvalue weighted by atomic mass is 10.0. The Bertz CT molecular complexity index is 308. The zero-order valence-corrected chi connectivity index (χ0v) is 10.3. The fourth-order valence-corrected chi connectivity index (χ4v) is 2.36. The smallest absolute Gasteiger partial charge is 0.0236 e. The van der Waals surface area contributed by atoms with Crippen LogP contribution in [-0.4, -0.2) is 36.6 Å². The Morgan fingerprint density at radius 1 is 1.31 bits per heavy atom. The molecule has 0 radical (unpaired) electrons. The van der Waals surface area contributed by atoms with Gasteiger partial charge in [0.05, 0.1) is 0 Å². The minimum Gasteiger partial charge on any atom is -0.311 e. The van der Waals surface area contributed by atoms with Crippen LogP contribution in [0.4, 0.5) is 0 Å². The Morgan fingerprint density at radius 2 is 2.06 bits per heavy atom. The normalized spacial score (nSPS) is 22.6. The molecule has 1 aliphatic rings. The van der Waals surface area contributed by atoms with E-state index < -0.39 is 0 Å². The van der Waals surface area contributed by atoms with Crippen LogP contribution in [0, 0.1) is 0 Å². The van der Waals surface area contributed by atoms with Crippen LogP contribution in [0.3, 0.4) is 0 Å². The summed E-state index contributed by atoms with van der Waals surface area (Å²) in [6, 6.07) is 12.0. The van der Waals surface area contributed by atoms with Crippen LogP contribution < -0.4 is 5.32 Å². The summed E-state index contributed by atoms with van der Waals surface area (Å²) in [5.74, 6) is 0. The minimum atomic E-state index is 0.610. The first-order chi connectivity index (χ1) is 7.75. The van der Waals surface area contributed by atoms with Gasteiger partial charge in [0.2, 0.25) is 0 Å². The molecular weight excluding hydrogens is 196 g/mol. The second-order valence-corrected chi connectivity index (χ2v) is 4.93. The van der Waals surface area contributed by atoms with E-state index in [-0.39, 0.29) is 0 Å². The highest BCUT2D eigenvalue weighted by Gasteiger charge is 2.20. The largest absolute Gasteiger partial charge is 0.311 e. The van der Waals surface area contributed by atoms with Crippen LogP contribution in [0.25, 0.3) is 0 Å². The van der Waals surface area contributed by atoms with Crippen molar-refractivity contribution in [2.45, 2.75) is 32.4 Å². The SMILES string of the molecule is CC(C)N1CCN[C@@H](Cc2ccccc2)C1. The Kier molecular flexibility index (Phi) is 3.97. The van der Waals surface area contributed by atoms with Crippen molar-refractivity contribution in [2.24, 2.45) is 0 Å². The molecule has 1 saturated heterocycles. The molecule has 1 aromatic carbocycles. The number of hydrogen-bond acceptors (Lipinski definition) is 2. The fourth-order valence-electron chi connectivity index (χ4n) is 2.36. The highest BCUT2D eigenvalue weighted by atomic mass is 15.2. The first kappa shape index (κ1) is 11.6. The van der Waals surface area contributed by atoms with Crippen LogP contribution in [-0.2, 0) is 6.42 Å². The third-order valence-electron chi connectivity index (χ3n) is 3.34. The summed E-state index contributed by atoms with van der Waals surface area (Å²) >= 11 is 0. The summed E-state index contributed by atoms with van der Waals surface area (Å²) in [5, 5.41) is 3.61. The van der Waals surface area contributed by atoms with Gasteiger partial charge in [-0.2, -0.15) is 0 Å². The maximum Gasteiger partial charge on any atom is 0.0236 e. The molecule has 2 heteroatoms. The number of piperazine rings is 1. The van der Waals surface area contributed by atoms with Crippen molar-refractivity contribution in [3.05, 3.63) is 35.9 Å². The molecule has 1 aliphatic heterocycles. The van der Waals surface area contributed by atoms with Crippen LogP contribution in [0.2, 0.25) is 0 Å². The van der Waals surface area contributed by atoms with Crippen LogP contribution >= 0.6 is 0 Å². The minimum absolute atomic E-state index is 0.610. The summed E-state index contributed by atoms with van der Waals surface area (Å²) in [6.45, 7) is 8.04. The van der Waals surface area contributed by atoms with Crippen molar-refractivity contribution in [3.63, 3.8) is 0 Å². The number of nitrogens with one attached hydrogen (secondary N) is 1.